The van der Waals surface area contributed by atoms with E-state index in [-0.39, 0.29) is 12.4 Å². The highest BCUT2D eigenvalue weighted by Crippen LogP contribution is 2.18. The van der Waals surface area contributed by atoms with Crippen LogP contribution < -0.4 is 4.74 Å². The fourth-order valence-corrected chi connectivity index (χ4v) is 2.04. The van der Waals surface area contributed by atoms with Crippen LogP contribution in [-0.4, -0.2) is 42.7 Å². The summed E-state index contributed by atoms with van der Waals surface area (Å²) in [6.07, 6.45) is 1.39. The Morgan fingerprint density at radius 1 is 1.42 bits per heavy atom. The SMILES string of the molecule is CCC(C(=O)O)N(C)CCc1ccccc1OC.Cl. The third-order valence-electron chi connectivity index (χ3n) is 3.13. The van der Waals surface area contributed by atoms with Gasteiger partial charge in [0, 0.05) is 6.54 Å². The molecule has 108 valence electrons. The molecule has 0 spiro atoms. The van der Waals surface area contributed by atoms with E-state index in [4.69, 9.17) is 9.84 Å². The maximum Gasteiger partial charge on any atom is 0.320 e. The highest BCUT2D eigenvalue weighted by Gasteiger charge is 2.20. The van der Waals surface area contributed by atoms with E-state index in [0.717, 1.165) is 17.7 Å². The molecule has 19 heavy (non-hydrogen) atoms. The van der Waals surface area contributed by atoms with E-state index in [0.29, 0.717) is 13.0 Å². The largest absolute Gasteiger partial charge is 0.496 e. The van der Waals surface area contributed by atoms with Crippen LogP contribution in [0.1, 0.15) is 18.9 Å². The van der Waals surface area contributed by atoms with Gasteiger partial charge in [0.05, 0.1) is 7.11 Å². The summed E-state index contributed by atoms with van der Waals surface area (Å²) in [5.74, 6) is 0.0919. The third-order valence-corrected chi connectivity index (χ3v) is 3.13. The first-order valence-corrected chi connectivity index (χ1v) is 6.15. The van der Waals surface area contributed by atoms with Gasteiger partial charge in [-0.25, -0.2) is 0 Å². The second-order valence-corrected chi connectivity index (χ2v) is 4.30. The topological polar surface area (TPSA) is 49.8 Å². The molecule has 4 nitrogen and oxygen atoms in total. The van der Waals surface area contributed by atoms with Gasteiger partial charge in [0.25, 0.3) is 0 Å². The fraction of sp³-hybridized carbons (Fsp3) is 0.500. The molecule has 0 radical (unpaired) electrons. The molecule has 1 aromatic carbocycles. The molecule has 0 heterocycles. The summed E-state index contributed by atoms with van der Waals surface area (Å²) in [5, 5.41) is 9.08. The Balaban J connectivity index is 0.00000324. The number of benzene rings is 1. The lowest BCUT2D eigenvalue weighted by Gasteiger charge is -2.23. The van der Waals surface area contributed by atoms with Crippen molar-refractivity contribution in [3.63, 3.8) is 0 Å². The van der Waals surface area contributed by atoms with E-state index in [9.17, 15) is 4.79 Å². The summed E-state index contributed by atoms with van der Waals surface area (Å²) in [7, 11) is 3.49. The zero-order chi connectivity index (χ0) is 13.5. The van der Waals surface area contributed by atoms with Crippen molar-refractivity contribution >= 4 is 18.4 Å². The predicted molar refractivity (Wildman–Crippen MR) is 78.3 cm³/mol. The molecule has 0 amide bonds. The highest BCUT2D eigenvalue weighted by atomic mass is 35.5. The van der Waals surface area contributed by atoms with E-state index in [1.54, 1.807) is 7.11 Å². The molecule has 1 rings (SSSR count). The highest BCUT2D eigenvalue weighted by molar-refractivity contribution is 5.85. The molecule has 0 fully saturated rings. The van der Waals surface area contributed by atoms with Gasteiger partial charge in [0.15, 0.2) is 0 Å². The predicted octanol–water partition coefficient (Wildman–Crippen LogP) is 2.45. The second kappa shape index (κ2) is 8.77. The normalized spacial score (nSPS) is 11.8. The van der Waals surface area contributed by atoms with Crippen LogP contribution in [0.2, 0.25) is 0 Å². The third kappa shape index (κ3) is 5.09. The Morgan fingerprint density at radius 2 is 2.05 bits per heavy atom. The van der Waals surface area contributed by atoms with Crippen molar-refractivity contribution in [2.45, 2.75) is 25.8 Å². The number of rotatable bonds is 7. The number of halogens is 1. The van der Waals surface area contributed by atoms with Crippen LogP contribution in [0.15, 0.2) is 24.3 Å². The number of nitrogens with zero attached hydrogens (tertiary/aromatic N) is 1. The molecule has 1 unspecified atom stereocenters. The number of methoxy groups -OCH3 is 1. The van der Waals surface area contributed by atoms with Crippen molar-refractivity contribution in [1.82, 2.24) is 4.90 Å². The molecule has 0 aliphatic rings. The van der Waals surface area contributed by atoms with Gasteiger partial charge in [-0.3, -0.25) is 9.69 Å². The Hall–Kier alpha value is -1.26. The van der Waals surface area contributed by atoms with Gasteiger partial charge in [-0.05, 0) is 31.5 Å². The van der Waals surface area contributed by atoms with Crippen LogP contribution in [0.25, 0.3) is 0 Å². The van der Waals surface area contributed by atoms with Gasteiger partial charge in [-0.2, -0.15) is 0 Å². The number of carboxylic acid groups (broad SMARTS) is 1. The molecule has 0 saturated carbocycles. The molecular formula is C14H22ClNO3. The Labute approximate surface area is 120 Å². The molecule has 1 N–H and O–H groups in total. The molecule has 0 saturated heterocycles. The minimum absolute atomic E-state index is 0. The molecule has 1 atom stereocenters. The van der Waals surface area contributed by atoms with Crippen LogP contribution in [0.4, 0.5) is 0 Å². The standard InChI is InChI=1S/C14H21NO3.ClH/c1-4-12(14(16)17)15(2)10-9-11-7-5-6-8-13(11)18-3;/h5-8,12H,4,9-10H2,1-3H3,(H,16,17);1H. The summed E-state index contributed by atoms with van der Waals surface area (Å²) in [4.78, 5) is 12.9. The molecule has 0 bridgehead atoms. The first-order valence-electron chi connectivity index (χ1n) is 6.15. The minimum atomic E-state index is -0.764. The zero-order valence-corrected chi connectivity index (χ0v) is 12.4. The van der Waals surface area contributed by atoms with Gasteiger partial charge in [0.1, 0.15) is 11.8 Å². The van der Waals surface area contributed by atoms with Crippen molar-refractivity contribution in [1.29, 1.82) is 0 Å². The number of likely N-dealkylation sites (N-methyl/N-ethyl adjacent to an activating group) is 1. The lowest BCUT2D eigenvalue weighted by Crippen LogP contribution is -2.39. The summed E-state index contributed by atoms with van der Waals surface area (Å²) in [6, 6.07) is 7.41. The van der Waals surface area contributed by atoms with Crippen LogP contribution in [0.3, 0.4) is 0 Å². The van der Waals surface area contributed by atoms with Gasteiger partial charge in [-0.15, -0.1) is 12.4 Å². The number of hydrogen-bond donors (Lipinski definition) is 1. The first kappa shape index (κ1) is 17.7. The lowest BCUT2D eigenvalue weighted by atomic mass is 10.1. The van der Waals surface area contributed by atoms with Crippen molar-refractivity contribution in [2.75, 3.05) is 20.7 Å². The number of carboxylic acids is 1. The molecule has 5 heteroatoms. The monoisotopic (exact) mass is 287 g/mol. The molecule has 1 aromatic rings. The second-order valence-electron chi connectivity index (χ2n) is 4.30. The van der Waals surface area contributed by atoms with E-state index in [1.807, 2.05) is 43.1 Å². The van der Waals surface area contributed by atoms with E-state index in [2.05, 4.69) is 0 Å². The van der Waals surface area contributed by atoms with Gasteiger partial charge < -0.3 is 9.84 Å². The summed E-state index contributed by atoms with van der Waals surface area (Å²) >= 11 is 0. The molecule has 0 aliphatic heterocycles. The van der Waals surface area contributed by atoms with Crippen LogP contribution in [-0.2, 0) is 11.2 Å². The van der Waals surface area contributed by atoms with Crippen LogP contribution >= 0.6 is 12.4 Å². The molecule has 0 aliphatic carbocycles. The van der Waals surface area contributed by atoms with Crippen LogP contribution in [0.5, 0.6) is 5.75 Å². The average molecular weight is 288 g/mol. The Kier molecular flexibility index (Phi) is 8.19. The maximum absolute atomic E-state index is 11.0. The van der Waals surface area contributed by atoms with Crippen molar-refractivity contribution in [3.8, 4) is 5.75 Å². The summed E-state index contributed by atoms with van der Waals surface area (Å²) in [6.45, 7) is 2.59. The first-order chi connectivity index (χ1) is 8.60. The number of hydrogen-bond acceptors (Lipinski definition) is 3. The van der Waals surface area contributed by atoms with Gasteiger partial charge >= 0.3 is 5.97 Å². The summed E-state index contributed by atoms with van der Waals surface area (Å²) in [5.41, 5.74) is 1.10. The fourth-order valence-electron chi connectivity index (χ4n) is 2.04. The molecule has 0 aromatic heterocycles. The number of para-hydroxylation sites is 1. The zero-order valence-electron chi connectivity index (χ0n) is 11.6. The minimum Gasteiger partial charge on any atom is -0.496 e. The number of aliphatic carboxylic acids is 1. The van der Waals surface area contributed by atoms with Crippen molar-refractivity contribution in [3.05, 3.63) is 29.8 Å². The van der Waals surface area contributed by atoms with Crippen molar-refractivity contribution < 1.29 is 14.6 Å². The van der Waals surface area contributed by atoms with Crippen LogP contribution in [0, 0.1) is 0 Å². The quantitative estimate of drug-likeness (QED) is 0.837. The average Bonchev–Trinajstić information content (AvgIpc) is 2.37. The smallest absolute Gasteiger partial charge is 0.320 e. The summed E-state index contributed by atoms with van der Waals surface area (Å²) < 4.78 is 5.28. The molecular weight excluding hydrogens is 266 g/mol. The van der Waals surface area contributed by atoms with Gasteiger partial charge in [0.2, 0.25) is 0 Å². The van der Waals surface area contributed by atoms with E-state index in [1.165, 1.54) is 0 Å². The number of carbonyl (C=O) groups is 1. The van der Waals surface area contributed by atoms with Crippen molar-refractivity contribution in [2.24, 2.45) is 0 Å². The van der Waals surface area contributed by atoms with E-state index >= 15 is 0 Å². The maximum atomic E-state index is 11.0. The Bertz CT molecular complexity index is 398. The lowest BCUT2D eigenvalue weighted by molar-refractivity contribution is -0.142. The van der Waals surface area contributed by atoms with Gasteiger partial charge in [-0.1, -0.05) is 25.1 Å². The number of ether oxygens (including phenoxy) is 1. The van der Waals surface area contributed by atoms with E-state index < -0.39 is 12.0 Å². The Morgan fingerprint density at radius 3 is 2.58 bits per heavy atom.